The number of pyridine rings is 1. The molecule has 9 heteroatoms. The van der Waals surface area contributed by atoms with E-state index in [4.69, 9.17) is 0 Å². The summed E-state index contributed by atoms with van der Waals surface area (Å²) in [6, 6.07) is 9.53. The highest BCUT2D eigenvalue weighted by Gasteiger charge is 2.17. The highest BCUT2D eigenvalue weighted by molar-refractivity contribution is 5.98. The number of aromatic nitrogens is 7. The summed E-state index contributed by atoms with van der Waals surface area (Å²) in [6.45, 7) is 4.48. The molecule has 0 aliphatic rings. The van der Waals surface area contributed by atoms with Gasteiger partial charge in [0.2, 0.25) is 0 Å². The van der Waals surface area contributed by atoms with E-state index < -0.39 is 0 Å². The lowest BCUT2D eigenvalue weighted by molar-refractivity contribution is 0.0953. The van der Waals surface area contributed by atoms with Crippen LogP contribution in [-0.2, 0) is 6.42 Å². The van der Waals surface area contributed by atoms with Crippen LogP contribution in [0.1, 0.15) is 33.7 Å². The van der Waals surface area contributed by atoms with Crippen LogP contribution in [0.5, 0.6) is 0 Å². The Bertz CT molecular complexity index is 1120. The van der Waals surface area contributed by atoms with Gasteiger partial charge in [0.25, 0.3) is 5.91 Å². The van der Waals surface area contributed by atoms with E-state index in [0.29, 0.717) is 17.8 Å². The second kappa shape index (κ2) is 7.55. The van der Waals surface area contributed by atoms with Gasteiger partial charge in [-0.2, -0.15) is 4.68 Å². The van der Waals surface area contributed by atoms with E-state index >= 15 is 0 Å². The monoisotopic (exact) mass is 376 g/mol. The van der Waals surface area contributed by atoms with Crippen molar-refractivity contribution in [2.24, 2.45) is 0 Å². The molecule has 0 aliphatic carbocycles. The lowest BCUT2D eigenvalue weighted by atomic mass is 10.0. The van der Waals surface area contributed by atoms with Gasteiger partial charge < -0.3 is 5.32 Å². The van der Waals surface area contributed by atoms with Gasteiger partial charge in [0.15, 0.2) is 5.65 Å². The SMILES string of the molecule is Cc1ccc(C(=O)NCCCc2nnc3ccccn23)c(-n2cnnn2)c1C. The van der Waals surface area contributed by atoms with Crippen molar-refractivity contribution in [2.75, 3.05) is 6.54 Å². The maximum absolute atomic E-state index is 12.8. The molecule has 4 aromatic rings. The zero-order chi connectivity index (χ0) is 19.5. The summed E-state index contributed by atoms with van der Waals surface area (Å²) in [5.74, 6) is 0.727. The third-order valence-electron chi connectivity index (χ3n) is 4.77. The van der Waals surface area contributed by atoms with Crippen LogP contribution in [-0.4, -0.2) is 47.3 Å². The van der Waals surface area contributed by atoms with Gasteiger partial charge in [0, 0.05) is 19.2 Å². The van der Waals surface area contributed by atoms with Gasteiger partial charge in [-0.3, -0.25) is 9.20 Å². The fraction of sp³-hybridized carbons (Fsp3) is 0.263. The summed E-state index contributed by atoms with van der Waals surface area (Å²) in [6.07, 6.45) is 4.91. The molecule has 0 spiro atoms. The number of carbonyl (C=O) groups is 1. The smallest absolute Gasteiger partial charge is 0.253 e. The second-order valence-corrected chi connectivity index (χ2v) is 6.56. The Balaban J connectivity index is 1.44. The summed E-state index contributed by atoms with van der Waals surface area (Å²) in [4.78, 5) is 12.8. The van der Waals surface area contributed by atoms with E-state index in [1.807, 2.05) is 48.7 Å². The number of hydrogen-bond donors (Lipinski definition) is 1. The van der Waals surface area contributed by atoms with Gasteiger partial charge in [-0.1, -0.05) is 12.1 Å². The maximum Gasteiger partial charge on any atom is 0.253 e. The Morgan fingerprint density at radius 3 is 2.86 bits per heavy atom. The summed E-state index contributed by atoms with van der Waals surface area (Å²) in [5, 5.41) is 22.7. The lowest BCUT2D eigenvalue weighted by Gasteiger charge is -2.14. The Hall–Kier alpha value is -3.62. The molecule has 3 aromatic heterocycles. The Labute approximate surface area is 161 Å². The summed E-state index contributed by atoms with van der Waals surface area (Å²) in [7, 11) is 0. The lowest BCUT2D eigenvalue weighted by Crippen LogP contribution is -2.26. The number of amides is 1. The first kappa shape index (κ1) is 17.8. The van der Waals surface area contributed by atoms with Crippen molar-refractivity contribution in [1.82, 2.24) is 40.1 Å². The molecule has 1 N–H and O–H groups in total. The van der Waals surface area contributed by atoms with Gasteiger partial charge >= 0.3 is 0 Å². The minimum Gasteiger partial charge on any atom is -0.352 e. The molecule has 0 saturated heterocycles. The average Bonchev–Trinajstić information content (AvgIpc) is 3.37. The van der Waals surface area contributed by atoms with Crippen molar-refractivity contribution in [3.05, 3.63) is 65.4 Å². The normalized spacial score (nSPS) is 11.1. The van der Waals surface area contributed by atoms with Gasteiger partial charge in [-0.05, 0) is 60.0 Å². The average molecular weight is 376 g/mol. The van der Waals surface area contributed by atoms with Crippen molar-refractivity contribution in [3.63, 3.8) is 0 Å². The van der Waals surface area contributed by atoms with E-state index in [1.165, 1.54) is 11.0 Å². The molecule has 4 rings (SSSR count). The molecule has 0 radical (unpaired) electrons. The van der Waals surface area contributed by atoms with E-state index in [-0.39, 0.29) is 5.91 Å². The molecule has 0 aliphatic heterocycles. The summed E-state index contributed by atoms with van der Waals surface area (Å²) in [5.41, 5.74) is 4.10. The van der Waals surface area contributed by atoms with Crippen LogP contribution in [0.2, 0.25) is 0 Å². The number of carbonyl (C=O) groups excluding carboxylic acids is 1. The van der Waals surface area contributed by atoms with E-state index in [9.17, 15) is 4.79 Å². The second-order valence-electron chi connectivity index (χ2n) is 6.56. The molecule has 0 fully saturated rings. The topological polar surface area (TPSA) is 103 Å². The number of rotatable bonds is 6. The van der Waals surface area contributed by atoms with Crippen LogP contribution in [0.15, 0.2) is 42.9 Å². The third-order valence-corrected chi connectivity index (χ3v) is 4.77. The Morgan fingerprint density at radius 2 is 2.04 bits per heavy atom. The molecule has 0 saturated carbocycles. The molecule has 28 heavy (non-hydrogen) atoms. The Morgan fingerprint density at radius 1 is 1.14 bits per heavy atom. The predicted molar refractivity (Wildman–Crippen MR) is 102 cm³/mol. The van der Waals surface area contributed by atoms with Crippen molar-refractivity contribution in [3.8, 4) is 5.69 Å². The van der Waals surface area contributed by atoms with E-state index in [0.717, 1.165) is 35.4 Å². The number of nitrogens with one attached hydrogen (secondary N) is 1. The zero-order valence-electron chi connectivity index (χ0n) is 15.7. The molecule has 3 heterocycles. The van der Waals surface area contributed by atoms with Crippen LogP contribution in [0.25, 0.3) is 11.3 Å². The van der Waals surface area contributed by atoms with Crippen LogP contribution < -0.4 is 5.32 Å². The van der Waals surface area contributed by atoms with Crippen molar-refractivity contribution in [2.45, 2.75) is 26.7 Å². The first-order valence-corrected chi connectivity index (χ1v) is 9.05. The quantitative estimate of drug-likeness (QED) is 0.514. The number of fused-ring (bicyclic) bond motifs is 1. The Kier molecular flexibility index (Phi) is 4.79. The van der Waals surface area contributed by atoms with Crippen molar-refractivity contribution < 1.29 is 4.79 Å². The fourth-order valence-electron chi connectivity index (χ4n) is 3.15. The standard InChI is InChI=1S/C19H20N8O/c1-13-8-9-15(18(14(13)2)27-12-21-24-25-27)19(28)20-10-5-7-17-23-22-16-6-3-4-11-26(16)17/h3-4,6,8-9,11-12H,5,7,10H2,1-2H3,(H,20,28). The minimum atomic E-state index is -0.153. The van der Waals surface area contributed by atoms with E-state index in [1.54, 1.807) is 6.07 Å². The molecule has 9 nitrogen and oxygen atoms in total. The number of benzene rings is 1. The molecular weight excluding hydrogens is 356 g/mol. The molecule has 0 bridgehead atoms. The van der Waals surface area contributed by atoms with Gasteiger partial charge in [-0.25, -0.2) is 0 Å². The third kappa shape index (κ3) is 3.34. The molecule has 0 atom stereocenters. The predicted octanol–water partition coefficient (Wildman–Crippen LogP) is 1.68. The maximum atomic E-state index is 12.8. The fourth-order valence-corrected chi connectivity index (χ4v) is 3.15. The van der Waals surface area contributed by atoms with Gasteiger partial charge in [-0.15, -0.1) is 15.3 Å². The minimum absolute atomic E-state index is 0.153. The van der Waals surface area contributed by atoms with Crippen molar-refractivity contribution >= 4 is 11.6 Å². The van der Waals surface area contributed by atoms with Gasteiger partial charge in [0.05, 0.1) is 11.3 Å². The first-order valence-electron chi connectivity index (χ1n) is 9.05. The number of aryl methyl sites for hydroxylation is 2. The van der Waals surface area contributed by atoms with Crippen LogP contribution in [0.4, 0.5) is 0 Å². The van der Waals surface area contributed by atoms with Gasteiger partial charge in [0.1, 0.15) is 12.2 Å². The van der Waals surface area contributed by atoms with E-state index in [2.05, 4.69) is 31.0 Å². The molecule has 0 unspecified atom stereocenters. The molecule has 1 aromatic carbocycles. The highest BCUT2D eigenvalue weighted by Crippen LogP contribution is 2.21. The zero-order valence-corrected chi connectivity index (χ0v) is 15.7. The van der Waals surface area contributed by atoms with Crippen LogP contribution in [0.3, 0.4) is 0 Å². The number of tetrazole rings is 1. The summed E-state index contributed by atoms with van der Waals surface area (Å²) >= 11 is 0. The first-order chi connectivity index (χ1) is 13.6. The summed E-state index contributed by atoms with van der Waals surface area (Å²) < 4.78 is 3.49. The number of hydrogen-bond acceptors (Lipinski definition) is 6. The largest absolute Gasteiger partial charge is 0.352 e. The van der Waals surface area contributed by atoms with Crippen LogP contribution in [0, 0.1) is 13.8 Å². The van der Waals surface area contributed by atoms with Crippen molar-refractivity contribution in [1.29, 1.82) is 0 Å². The van der Waals surface area contributed by atoms with Crippen LogP contribution >= 0.6 is 0 Å². The highest BCUT2D eigenvalue weighted by atomic mass is 16.1. The molecule has 1 amide bonds. The molecule has 142 valence electrons. The molecular formula is C19H20N8O. The number of nitrogens with zero attached hydrogens (tertiary/aromatic N) is 7.